The molecule has 0 aromatic heterocycles. The molecule has 3 nitrogen and oxygen atoms in total. The molecule has 102 valence electrons. The molecule has 0 spiro atoms. The van der Waals surface area contributed by atoms with Crippen LogP contribution in [0.15, 0.2) is 30.3 Å². The molecule has 1 amide bonds. The van der Waals surface area contributed by atoms with Crippen molar-refractivity contribution in [2.24, 2.45) is 5.73 Å². The normalized spacial score (nSPS) is 23.8. The molecule has 2 unspecified atom stereocenters. The number of carbonyl (C=O) groups is 1. The summed E-state index contributed by atoms with van der Waals surface area (Å²) in [6.07, 6.45) is 1.99. The Bertz CT molecular complexity index is 470. The Hall–Kier alpha value is -1.07. The van der Waals surface area contributed by atoms with Gasteiger partial charge in [-0.3, -0.25) is 4.79 Å². The molecule has 5 heteroatoms. The number of amides is 1. The predicted molar refractivity (Wildman–Crippen MR) is 84.2 cm³/mol. The third-order valence-electron chi connectivity index (χ3n) is 3.39. The van der Waals surface area contributed by atoms with Crippen molar-refractivity contribution in [3.05, 3.63) is 35.9 Å². The summed E-state index contributed by atoms with van der Waals surface area (Å²) in [4.78, 5) is 12.7. The van der Waals surface area contributed by atoms with E-state index in [0.717, 1.165) is 24.2 Å². The summed E-state index contributed by atoms with van der Waals surface area (Å²) in [5.41, 5.74) is 6.69. The van der Waals surface area contributed by atoms with Gasteiger partial charge >= 0.3 is 0 Å². The Morgan fingerprint density at radius 1 is 1.47 bits per heavy atom. The van der Waals surface area contributed by atoms with Crippen LogP contribution in [0.2, 0.25) is 0 Å². The number of nitrogens with one attached hydrogen (secondary N) is 1. The summed E-state index contributed by atoms with van der Waals surface area (Å²) in [5, 5.41) is 2.99. The standard InChI is InChI=1S/C14H18N2OS2/c1-14(8-5-9-19-14)13(17)16-11(12(15)18)10-6-3-2-4-7-10/h2-4,6-7,11H,5,8-9H2,1H3,(H2,15,18)(H,16,17). The maximum absolute atomic E-state index is 12.4. The highest BCUT2D eigenvalue weighted by atomic mass is 32.2. The average Bonchev–Trinajstić information content (AvgIpc) is 2.84. The average molecular weight is 294 g/mol. The number of hydrogen-bond donors (Lipinski definition) is 2. The van der Waals surface area contributed by atoms with Gasteiger partial charge in [-0.2, -0.15) is 0 Å². The van der Waals surface area contributed by atoms with Crippen LogP contribution in [0.5, 0.6) is 0 Å². The number of rotatable bonds is 4. The fraction of sp³-hybridized carbons (Fsp3) is 0.429. The molecule has 0 bridgehead atoms. The van der Waals surface area contributed by atoms with Gasteiger partial charge in [0.05, 0.1) is 4.75 Å². The second-order valence-electron chi connectivity index (χ2n) is 4.90. The Balaban J connectivity index is 2.14. The Morgan fingerprint density at radius 2 is 2.16 bits per heavy atom. The van der Waals surface area contributed by atoms with E-state index in [0.29, 0.717) is 4.99 Å². The molecule has 0 aliphatic carbocycles. The molecular weight excluding hydrogens is 276 g/mol. The van der Waals surface area contributed by atoms with E-state index in [1.165, 1.54) is 0 Å². The van der Waals surface area contributed by atoms with Crippen LogP contribution in [0.1, 0.15) is 31.4 Å². The number of benzene rings is 1. The van der Waals surface area contributed by atoms with Gasteiger partial charge in [0, 0.05) is 0 Å². The van der Waals surface area contributed by atoms with Crippen LogP contribution < -0.4 is 11.1 Å². The SMILES string of the molecule is CC1(C(=O)NC(C(N)=S)c2ccccc2)CCCS1. The molecule has 1 fully saturated rings. The number of hydrogen-bond acceptors (Lipinski definition) is 3. The van der Waals surface area contributed by atoms with Crippen LogP contribution in [0, 0.1) is 0 Å². The molecule has 1 aromatic carbocycles. The minimum absolute atomic E-state index is 0.0247. The predicted octanol–water partition coefficient (Wildman–Crippen LogP) is 2.42. The van der Waals surface area contributed by atoms with Crippen molar-refractivity contribution in [1.82, 2.24) is 5.32 Å². The van der Waals surface area contributed by atoms with Crippen molar-refractivity contribution >= 4 is 34.9 Å². The van der Waals surface area contributed by atoms with Crippen LogP contribution in [-0.4, -0.2) is 21.4 Å². The molecule has 19 heavy (non-hydrogen) atoms. The van der Waals surface area contributed by atoms with Crippen molar-refractivity contribution in [3.63, 3.8) is 0 Å². The molecule has 3 N–H and O–H groups in total. The largest absolute Gasteiger partial charge is 0.391 e. The Morgan fingerprint density at radius 3 is 2.68 bits per heavy atom. The fourth-order valence-corrected chi connectivity index (χ4v) is 3.62. The maximum atomic E-state index is 12.4. The molecule has 1 aliphatic rings. The number of nitrogens with two attached hydrogens (primary N) is 1. The molecule has 0 saturated carbocycles. The minimum Gasteiger partial charge on any atom is -0.391 e. The van der Waals surface area contributed by atoms with Crippen molar-refractivity contribution in [1.29, 1.82) is 0 Å². The zero-order chi connectivity index (χ0) is 13.9. The van der Waals surface area contributed by atoms with Crippen molar-refractivity contribution in [2.75, 3.05) is 5.75 Å². The topological polar surface area (TPSA) is 55.1 Å². The van der Waals surface area contributed by atoms with E-state index in [1.807, 2.05) is 37.3 Å². The second-order valence-corrected chi connectivity index (χ2v) is 6.97. The maximum Gasteiger partial charge on any atom is 0.236 e. The zero-order valence-electron chi connectivity index (χ0n) is 10.9. The van der Waals surface area contributed by atoms with Gasteiger partial charge in [-0.05, 0) is 31.1 Å². The van der Waals surface area contributed by atoms with Crippen LogP contribution in [-0.2, 0) is 4.79 Å². The van der Waals surface area contributed by atoms with E-state index in [9.17, 15) is 4.79 Å². The molecule has 2 atom stereocenters. The first-order valence-corrected chi connectivity index (χ1v) is 7.71. The molecule has 1 saturated heterocycles. The smallest absolute Gasteiger partial charge is 0.236 e. The number of carbonyl (C=O) groups excluding carboxylic acids is 1. The highest BCUT2D eigenvalue weighted by Crippen LogP contribution is 2.38. The molecule has 0 radical (unpaired) electrons. The van der Waals surface area contributed by atoms with E-state index in [2.05, 4.69) is 5.32 Å². The third-order valence-corrected chi connectivity index (χ3v) is 5.15. The first-order chi connectivity index (χ1) is 9.03. The lowest BCUT2D eigenvalue weighted by Gasteiger charge is -2.26. The lowest BCUT2D eigenvalue weighted by molar-refractivity contribution is -0.123. The first-order valence-electron chi connectivity index (χ1n) is 6.32. The molecular formula is C14H18N2OS2. The van der Waals surface area contributed by atoms with Crippen LogP contribution >= 0.6 is 24.0 Å². The van der Waals surface area contributed by atoms with E-state index < -0.39 is 0 Å². The van der Waals surface area contributed by atoms with Crippen LogP contribution in [0.4, 0.5) is 0 Å². The number of thioether (sulfide) groups is 1. The molecule has 2 rings (SSSR count). The summed E-state index contributed by atoms with van der Waals surface area (Å²) in [7, 11) is 0. The van der Waals surface area contributed by atoms with E-state index >= 15 is 0 Å². The van der Waals surface area contributed by atoms with Gasteiger partial charge in [0.1, 0.15) is 11.0 Å². The Labute approximate surface area is 123 Å². The minimum atomic E-state index is -0.387. The first kappa shape index (κ1) is 14.3. The third kappa shape index (κ3) is 3.28. The highest BCUT2D eigenvalue weighted by Gasteiger charge is 2.38. The van der Waals surface area contributed by atoms with Gasteiger partial charge in [-0.15, -0.1) is 11.8 Å². The van der Waals surface area contributed by atoms with E-state index in [4.69, 9.17) is 18.0 Å². The van der Waals surface area contributed by atoms with Crippen LogP contribution in [0.3, 0.4) is 0 Å². The van der Waals surface area contributed by atoms with Gasteiger partial charge in [-0.1, -0.05) is 42.5 Å². The van der Waals surface area contributed by atoms with E-state index in [-0.39, 0.29) is 16.7 Å². The fourth-order valence-electron chi connectivity index (χ4n) is 2.21. The lowest BCUT2D eigenvalue weighted by atomic mass is 10.0. The van der Waals surface area contributed by atoms with Crippen molar-refractivity contribution in [3.8, 4) is 0 Å². The summed E-state index contributed by atoms with van der Waals surface area (Å²) >= 11 is 6.79. The number of thiocarbonyl (C=S) groups is 1. The van der Waals surface area contributed by atoms with Gasteiger partial charge in [0.15, 0.2) is 0 Å². The summed E-state index contributed by atoms with van der Waals surface area (Å²) in [6.45, 7) is 1.99. The van der Waals surface area contributed by atoms with Gasteiger partial charge in [0.25, 0.3) is 0 Å². The van der Waals surface area contributed by atoms with Crippen molar-refractivity contribution in [2.45, 2.75) is 30.6 Å². The lowest BCUT2D eigenvalue weighted by Crippen LogP contribution is -2.45. The highest BCUT2D eigenvalue weighted by molar-refractivity contribution is 8.01. The summed E-state index contributed by atoms with van der Waals surface area (Å²) in [6, 6.07) is 9.22. The summed E-state index contributed by atoms with van der Waals surface area (Å²) in [5.74, 6) is 1.06. The summed E-state index contributed by atoms with van der Waals surface area (Å²) < 4.78 is -0.349. The van der Waals surface area contributed by atoms with Gasteiger partial charge < -0.3 is 11.1 Å². The molecule has 1 aromatic rings. The van der Waals surface area contributed by atoms with Crippen LogP contribution in [0.25, 0.3) is 0 Å². The monoisotopic (exact) mass is 294 g/mol. The molecule has 1 aliphatic heterocycles. The van der Waals surface area contributed by atoms with Crippen molar-refractivity contribution < 1.29 is 4.79 Å². The molecule has 1 heterocycles. The van der Waals surface area contributed by atoms with Gasteiger partial charge in [-0.25, -0.2) is 0 Å². The second kappa shape index (κ2) is 5.92. The quantitative estimate of drug-likeness (QED) is 0.837. The van der Waals surface area contributed by atoms with Gasteiger partial charge in [0.2, 0.25) is 5.91 Å². The van der Waals surface area contributed by atoms with E-state index in [1.54, 1.807) is 11.8 Å². The zero-order valence-corrected chi connectivity index (χ0v) is 12.5. The Kier molecular flexibility index (Phi) is 4.47.